The molecule has 160 valence electrons. The van der Waals surface area contributed by atoms with Crippen LogP contribution in [-0.4, -0.2) is 57.4 Å². The van der Waals surface area contributed by atoms with Crippen LogP contribution in [0.15, 0.2) is 29.3 Å². The summed E-state index contributed by atoms with van der Waals surface area (Å²) in [6, 6.07) is 8.17. The highest BCUT2D eigenvalue weighted by Gasteiger charge is 2.19. The number of nitrogens with one attached hydrogen (secondary N) is 2. The molecule has 1 amide bonds. The molecule has 0 spiro atoms. The van der Waals surface area contributed by atoms with Crippen molar-refractivity contribution in [3.05, 3.63) is 29.8 Å². The lowest BCUT2D eigenvalue weighted by Gasteiger charge is -2.26. The number of hydrogen-bond donors (Lipinski definition) is 2. The van der Waals surface area contributed by atoms with Gasteiger partial charge < -0.3 is 25.0 Å². The molecule has 2 N–H and O–H groups in total. The van der Waals surface area contributed by atoms with Gasteiger partial charge in [0.25, 0.3) is 0 Å². The van der Waals surface area contributed by atoms with Gasteiger partial charge in [0.05, 0.1) is 19.3 Å². The zero-order valence-electron chi connectivity index (χ0n) is 17.5. The lowest BCUT2D eigenvalue weighted by molar-refractivity contribution is -0.119. The average Bonchev–Trinajstić information content (AvgIpc) is 3.26. The number of ether oxygens (including phenoxy) is 2. The zero-order chi connectivity index (χ0) is 20.3. The van der Waals surface area contributed by atoms with Crippen molar-refractivity contribution >= 4 is 17.6 Å². The van der Waals surface area contributed by atoms with E-state index in [4.69, 9.17) is 9.47 Å². The summed E-state index contributed by atoms with van der Waals surface area (Å²) in [6.45, 7) is 7.38. The van der Waals surface area contributed by atoms with Gasteiger partial charge in [-0.15, -0.1) is 0 Å². The molecule has 2 saturated heterocycles. The number of rotatable bonds is 9. The van der Waals surface area contributed by atoms with Gasteiger partial charge >= 0.3 is 0 Å². The molecule has 1 atom stereocenters. The maximum atomic E-state index is 12.1. The zero-order valence-corrected chi connectivity index (χ0v) is 17.5. The third-order valence-corrected chi connectivity index (χ3v) is 5.19. The second-order valence-corrected chi connectivity index (χ2v) is 7.50. The Kier molecular flexibility index (Phi) is 8.77. The number of aliphatic imine (C=N–C) groups is 1. The quantitative estimate of drug-likeness (QED) is 0.377. The van der Waals surface area contributed by atoms with Crippen LogP contribution in [0, 0.1) is 0 Å². The first-order valence-corrected chi connectivity index (χ1v) is 10.9. The molecule has 0 aromatic heterocycles. The lowest BCUT2D eigenvalue weighted by Crippen LogP contribution is -2.38. The van der Waals surface area contributed by atoms with Crippen LogP contribution in [0.1, 0.15) is 44.6 Å². The minimum atomic E-state index is 0.227. The summed E-state index contributed by atoms with van der Waals surface area (Å²) in [5, 5.41) is 6.64. The highest BCUT2D eigenvalue weighted by atomic mass is 16.5. The number of guanidine groups is 1. The molecule has 1 aromatic carbocycles. The highest BCUT2D eigenvalue weighted by molar-refractivity contribution is 5.93. The van der Waals surface area contributed by atoms with Gasteiger partial charge in [-0.25, -0.2) is 4.99 Å². The number of benzene rings is 1. The summed E-state index contributed by atoms with van der Waals surface area (Å²) in [5.74, 6) is 1.04. The van der Waals surface area contributed by atoms with Gasteiger partial charge in [0, 0.05) is 45.0 Å². The van der Waals surface area contributed by atoms with E-state index in [2.05, 4.69) is 34.7 Å². The molecular formula is C22H34N4O3. The summed E-state index contributed by atoms with van der Waals surface area (Å²) < 4.78 is 11.1. The van der Waals surface area contributed by atoms with Crippen molar-refractivity contribution in [2.75, 3.05) is 44.4 Å². The number of carbonyl (C=O) groups is 1. The van der Waals surface area contributed by atoms with Crippen molar-refractivity contribution in [2.45, 2.75) is 51.7 Å². The molecular weight excluding hydrogens is 368 g/mol. The first kappa shape index (κ1) is 21.6. The smallest absolute Gasteiger partial charge is 0.226 e. The Hall–Kier alpha value is -2.12. The molecule has 3 rings (SSSR count). The molecule has 0 saturated carbocycles. The Morgan fingerprint density at radius 2 is 2.14 bits per heavy atom. The topological polar surface area (TPSA) is 75.2 Å². The van der Waals surface area contributed by atoms with Crippen LogP contribution in [0.25, 0.3) is 0 Å². The average molecular weight is 403 g/mol. The van der Waals surface area contributed by atoms with E-state index in [-0.39, 0.29) is 12.0 Å². The maximum Gasteiger partial charge on any atom is 0.226 e. The molecule has 0 aliphatic carbocycles. The predicted octanol–water partition coefficient (Wildman–Crippen LogP) is 2.45. The van der Waals surface area contributed by atoms with E-state index in [0.717, 1.165) is 82.3 Å². The third-order valence-electron chi connectivity index (χ3n) is 5.19. The molecule has 7 heteroatoms. The van der Waals surface area contributed by atoms with Gasteiger partial charge in [-0.05, 0) is 50.3 Å². The number of hydrogen-bond acceptors (Lipinski definition) is 4. The highest BCUT2D eigenvalue weighted by Crippen LogP contribution is 2.21. The first-order valence-electron chi connectivity index (χ1n) is 10.9. The monoisotopic (exact) mass is 402 g/mol. The summed E-state index contributed by atoms with van der Waals surface area (Å²) in [4.78, 5) is 18.6. The van der Waals surface area contributed by atoms with Crippen LogP contribution >= 0.6 is 0 Å². The number of anilines is 1. The van der Waals surface area contributed by atoms with Gasteiger partial charge in [0.15, 0.2) is 5.96 Å². The predicted molar refractivity (Wildman–Crippen MR) is 115 cm³/mol. The fraction of sp³-hybridized carbons (Fsp3) is 0.636. The number of amides is 1. The molecule has 1 aromatic rings. The van der Waals surface area contributed by atoms with Gasteiger partial charge in [-0.1, -0.05) is 12.1 Å². The Morgan fingerprint density at radius 1 is 1.28 bits per heavy atom. The molecule has 0 radical (unpaired) electrons. The SMILES string of the molecule is CCNC(=NCc1ccc(N2CCCCC2=O)cc1)NCCCOC1CCOC1. The Labute approximate surface area is 173 Å². The van der Waals surface area contributed by atoms with Crippen LogP contribution in [0.5, 0.6) is 0 Å². The van der Waals surface area contributed by atoms with E-state index in [9.17, 15) is 4.79 Å². The molecule has 0 bridgehead atoms. The minimum absolute atomic E-state index is 0.227. The Balaban J connectivity index is 1.43. The first-order chi connectivity index (χ1) is 14.3. The number of nitrogens with zero attached hydrogens (tertiary/aromatic N) is 2. The minimum Gasteiger partial charge on any atom is -0.379 e. The third kappa shape index (κ3) is 7.01. The summed E-state index contributed by atoms with van der Waals surface area (Å²) >= 11 is 0. The van der Waals surface area contributed by atoms with Crippen LogP contribution < -0.4 is 15.5 Å². The van der Waals surface area contributed by atoms with Crippen molar-refractivity contribution in [1.82, 2.24) is 10.6 Å². The summed E-state index contributed by atoms with van der Waals surface area (Å²) in [7, 11) is 0. The van der Waals surface area contributed by atoms with Crippen molar-refractivity contribution in [1.29, 1.82) is 0 Å². The van der Waals surface area contributed by atoms with Crippen molar-refractivity contribution in [3.63, 3.8) is 0 Å². The fourth-order valence-electron chi connectivity index (χ4n) is 3.55. The van der Waals surface area contributed by atoms with Gasteiger partial charge in [-0.2, -0.15) is 0 Å². The van der Waals surface area contributed by atoms with E-state index >= 15 is 0 Å². The van der Waals surface area contributed by atoms with E-state index < -0.39 is 0 Å². The molecule has 2 fully saturated rings. The molecule has 7 nitrogen and oxygen atoms in total. The Morgan fingerprint density at radius 3 is 2.86 bits per heavy atom. The standard InChI is InChI=1S/C22H34N4O3/c1-2-23-22(24-12-5-14-29-20-11-15-28-17-20)25-16-18-7-9-19(10-8-18)26-13-4-3-6-21(26)27/h7-10,20H,2-6,11-17H2,1H3,(H2,23,24,25). The normalized spacial score (nSPS) is 20.2. The molecule has 2 aliphatic heterocycles. The second-order valence-electron chi connectivity index (χ2n) is 7.50. The van der Waals surface area contributed by atoms with Crippen LogP contribution in [0.3, 0.4) is 0 Å². The lowest BCUT2D eigenvalue weighted by atomic mass is 10.1. The van der Waals surface area contributed by atoms with Crippen LogP contribution in [0.4, 0.5) is 5.69 Å². The van der Waals surface area contributed by atoms with Gasteiger partial charge in [-0.3, -0.25) is 4.79 Å². The molecule has 2 heterocycles. The van der Waals surface area contributed by atoms with Crippen molar-refractivity contribution in [2.24, 2.45) is 4.99 Å². The van der Waals surface area contributed by atoms with E-state index in [1.54, 1.807) is 0 Å². The van der Waals surface area contributed by atoms with E-state index in [0.29, 0.717) is 13.0 Å². The van der Waals surface area contributed by atoms with E-state index in [1.165, 1.54) is 0 Å². The number of piperidine rings is 1. The van der Waals surface area contributed by atoms with Crippen molar-refractivity contribution < 1.29 is 14.3 Å². The molecule has 29 heavy (non-hydrogen) atoms. The fourth-order valence-corrected chi connectivity index (χ4v) is 3.55. The largest absolute Gasteiger partial charge is 0.379 e. The Bertz CT molecular complexity index is 657. The van der Waals surface area contributed by atoms with Crippen LogP contribution in [-0.2, 0) is 20.8 Å². The summed E-state index contributed by atoms with van der Waals surface area (Å²) in [6.07, 6.45) is 4.93. The van der Waals surface area contributed by atoms with Gasteiger partial charge in [0.2, 0.25) is 5.91 Å². The second kappa shape index (κ2) is 11.8. The molecule has 1 unspecified atom stereocenters. The number of carbonyl (C=O) groups excluding carboxylic acids is 1. The summed E-state index contributed by atoms with van der Waals surface area (Å²) in [5.41, 5.74) is 2.11. The maximum absolute atomic E-state index is 12.1. The van der Waals surface area contributed by atoms with E-state index in [1.807, 2.05) is 17.0 Å². The van der Waals surface area contributed by atoms with Crippen molar-refractivity contribution in [3.8, 4) is 0 Å². The van der Waals surface area contributed by atoms with Gasteiger partial charge in [0.1, 0.15) is 0 Å². The van der Waals surface area contributed by atoms with Crippen LogP contribution in [0.2, 0.25) is 0 Å². The molecule has 2 aliphatic rings.